The third-order valence-electron chi connectivity index (χ3n) is 6.40. The number of aromatic nitrogens is 2. The number of anilines is 1. The van der Waals surface area contributed by atoms with Crippen LogP contribution in [0.25, 0.3) is 11.4 Å². The third-order valence-corrected chi connectivity index (χ3v) is 6.77. The quantitative estimate of drug-likeness (QED) is 0.302. The molecule has 0 saturated heterocycles. The molecule has 0 radical (unpaired) electrons. The van der Waals surface area contributed by atoms with Crippen LogP contribution in [0.15, 0.2) is 108 Å². The van der Waals surface area contributed by atoms with Crippen LogP contribution in [-0.4, -0.2) is 29.2 Å². The lowest BCUT2D eigenvalue weighted by Crippen LogP contribution is -2.32. The van der Waals surface area contributed by atoms with E-state index in [9.17, 15) is 0 Å². The van der Waals surface area contributed by atoms with Gasteiger partial charge in [-0.25, -0.2) is 0 Å². The van der Waals surface area contributed by atoms with Crippen molar-refractivity contribution in [1.82, 2.24) is 9.13 Å². The summed E-state index contributed by atoms with van der Waals surface area (Å²) in [7, 11) is 3.29. The van der Waals surface area contributed by atoms with Crippen LogP contribution in [0.1, 0.15) is 17.3 Å². The second kappa shape index (κ2) is 9.02. The van der Waals surface area contributed by atoms with Crippen LogP contribution < -0.4 is 14.4 Å². The van der Waals surface area contributed by atoms with Gasteiger partial charge in [-0.3, -0.25) is 19.0 Å². The summed E-state index contributed by atoms with van der Waals surface area (Å²) in [6.45, 7) is 0. The lowest BCUT2D eigenvalue weighted by atomic mass is 10.0. The maximum atomic E-state index is 6.17. The first kappa shape index (κ1) is 22.1. The zero-order chi connectivity index (χ0) is 24.6. The predicted molar refractivity (Wildman–Crippen MR) is 146 cm³/mol. The van der Waals surface area contributed by atoms with Gasteiger partial charge in [-0.05, 0) is 66.3 Å². The fourth-order valence-electron chi connectivity index (χ4n) is 4.79. The summed E-state index contributed by atoms with van der Waals surface area (Å²) < 4.78 is 16.1. The van der Waals surface area contributed by atoms with Crippen LogP contribution in [0.5, 0.6) is 11.5 Å². The number of imidazole rings is 1. The van der Waals surface area contributed by atoms with Crippen LogP contribution in [0.3, 0.4) is 0 Å². The Labute approximate surface area is 214 Å². The van der Waals surface area contributed by atoms with Crippen LogP contribution in [0, 0.1) is 4.77 Å². The van der Waals surface area contributed by atoms with Gasteiger partial charge in [0.1, 0.15) is 17.7 Å². The number of benzene rings is 3. The van der Waals surface area contributed by atoms with Gasteiger partial charge < -0.3 is 9.47 Å². The number of nitrogens with zero attached hydrogens (tertiary/aromatic N) is 4. The van der Waals surface area contributed by atoms with Crippen LogP contribution in [0.2, 0.25) is 0 Å². The number of rotatable bonds is 5. The average Bonchev–Trinajstić information content (AvgIpc) is 3.26. The minimum absolute atomic E-state index is 0.325. The molecule has 2 aliphatic heterocycles. The van der Waals surface area contributed by atoms with E-state index in [1.165, 1.54) is 0 Å². The number of hydrogen-bond donors (Lipinski definition) is 0. The number of methoxy groups -OCH3 is 2. The molecule has 0 bridgehead atoms. The highest BCUT2D eigenvalue weighted by Crippen LogP contribution is 2.44. The molecule has 0 N–H and O–H groups in total. The van der Waals surface area contributed by atoms with Gasteiger partial charge in [-0.2, -0.15) is 0 Å². The normalized spacial score (nSPS) is 15.8. The first-order valence-corrected chi connectivity index (χ1v) is 12.0. The van der Waals surface area contributed by atoms with Crippen molar-refractivity contribution in [2.24, 2.45) is 4.99 Å². The smallest absolute Gasteiger partial charge is 0.191 e. The van der Waals surface area contributed by atoms with E-state index in [1.807, 2.05) is 79.0 Å². The second-order valence-electron chi connectivity index (χ2n) is 8.41. The zero-order valence-electron chi connectivity index (χ0n) is 19.9. The number of fused-ring (bicyclic) bond motifs is 3. The minimum atomic E-state index is -0.325. The van der Waals surface area contributed by atoms with E-state index in [1.54, 1.807) is 14.2 Å². The molecule has 7 heteroatoms. The van der Waals surface area contributed by atoms with Crippen molar-refractivity contribution in [2.45, 2.75) is 6.04 Å². The topological polar surface area (TPSA) is 43.9 Å². The molecule has 4 aromatic rings. The van der Waals surface area contributed by atoms with E-state index in [0.29, 0.717) is 16.3 Å². The van der Waals surface area contributed by atoms with Gasteiger partial charge in [0.05, 0.1) is 19.9 Å². The lowest BCUT2D eigenvalue weighted by molar-refractivity contribution is 0.354. The van der Waals surface area contributed by atoms with Gasteiger partial charge in [-0.1, -0.05) is 48.5 Å². The molecule has 0 aliphatic carbocycles. The lowest BCUT2D eigenvalue weighted by Gasteiger charge is -2.32. The Morgan fingerprint density at radius 2 is 1.44 bits per heavy atom. The molecule has 6 nitrogen and oxygen atoms in total. The first-order valence-electron chi connectivity index (χ1n) is 11.6. The molecular formula is C29H24N4O2S. The first-order chi connectivity index (χ1) is 17.7. The number of ether oxygens (including phenoxy) is 2. The molecule has 0 saturated carbocycles. The van der Waals surface area contributed by atoms with Gasteiger partial charge in [0.25, 0.3) is 0 Å². The Hall–Kier alpha value is -4.36. The highest BCUT2D eigenvalue weighted by atomic mass is 32.1. The summed E-state index contributed by atoms with van der Waals surface area (Å²) in [6, 6.07) is 26.0. The summed E-state index contributed by atoms with van der Waals surface area (Å²) in [6.07, 6.45) is 8.07. The molecule has 6 rings (SSSR count). The highest BCUT2D eigenvalue weighted by Gasteiger charge is 2.36. The number of aliphatic imine (C=N–C) groups is 1. The van der Waals surface area contributed by atoms with Crippen molar-refractivity contribution in [3.05, 3.63) is 119 Å². The predicted octanol–water partition coefficient (Wildman–Crippen LogP) is 6.41. The molecule has 0 fully saturated rings. The van der Waals surface area contributed by atoms with E-state index in [4.69, 9.17) is 26.7 Å². The zero-order valence-corrected chi connectivity index (χ0v) is 20.7. The molecule has 1 aromatic heterocycles. The maximum absolute atomic E-state index is 6.17. The number of hydrogen-bond acceptors (Lipinski definition) is 5. The third kappa shape index (κ3) is 3.48. The Balaban J connectivity index is 1.70. The molecule has 1 unspecified atom stereocenters. The number of allylic oxidation sites excluding steroid dienone is 2. The van der Waals surface area contributed by atoms with Crippen LogP contribution in [0.4, 0.5) is 5.82 Å². The number of para-hydroxylation sites is 2. The summed E-state index contributed by atoms with van der Waals surface area (Å²) in [5, 5.41) is 0. The summed E-state index contributed by atoms with van der Waals surface area (Å²) in [5.41, 5.74) is 3.93. The summed E-state index contributed by atoms with van der Waals surface area (Å²) in [4.78, 5) is 7.31. The molecule has 2 aliphatic rings. The highest BCUT2D eigenvalue weighted by molar-refractivity contribution is 7.71. The molecule has 1 atom stereocenters. The Morgan fingerprint density at radius 3 is 2.11 bits per heavy atom. The fraction of sp³-hybridized carbons (Fsp3) is 0.103. The second-order valence-corrected chi connectivity index (χ2v) is 8.77. The average molecular weight is 493 g/mol. The molecule has 0 amide bonds. The van der Waals surface area contributed by atoms with E-state index in [0.717, 1.165) is 34.3 Å². The van der Waals surface area contributed by atoms with E-state index < -0.39 is 0 Å². The van der Waals surface area contributed by atoms with Crippen molar-refractivity contribution in [3.8, 4) is 22.9 Å². The molecule has 0 spiro atoms. The molecule has 3 heterocycles. The minimum Gasteiger partial charge on any atom is -0.493 e. The summed E-state index contributed by atoms with van der Waals surface area (Å²) >= 11 is 6.17. The van der Waals surface area contributed by atoms with Crippen molar-refractivity contribution >= 4 is 23.9 Å². The van der Waals surface area contributed by atoms with E-state index >= 15 is 0 Å². The summed E-state index contributed by atoms with van der Waals surface area (Å²) in [5.74, 6) is 3.13. The van der Waals surface area contributed by atoms with Crippen molar-refractivity contribution in [3.63, 3.8) is 0 Å². The standard InChI is InChI=1S/C29H24N4O2S/c1-34-23-17-16-20(19-24(23)35-2)26-27-28(31-18-10-9-15-25(31)30-26)33(22-13-7-4-8-14-22)29(36)32(27)21-11-5-3-6-12-21/h3-19,26H,1-2H3. The van der Waals surface area contributed by atoms with Crippen LogP contribution >= 0.6 is 12.2 Å². The van der Waals surface area contributed by atoms with Gasteiger partial charge in [0, 0.05) is 17.6 Å². The van der Waals surface area contributed by atoms with Gasteiger partial charge in [-0.15, -0.1) is 0 Å². The van der Waals surface area contributed by atoms with Gasteiger partial charge in [0.15, 0.2) is 16.3 Å². The molecule has 3 aromatic carbocycles. The Morgan fingerprint density at radius 1 is 0.778 bits per heavy atom. The van der Waals surface area contributed by atoms with E-state index in [-0.39, 0.29) is 6.04 Å². The molecule has 178 valence electrons. The maximum Gasteiger partial charge on any atom is 0.191 e. The fourth-order valence-corrected chi connectivity index (χ4v) is 5.18. The monoisotopic (exact) mass is 492 g/mol. The van der Waals surface area contributed by atoms with Gasteiger partial charge >= 0.3 is 0 Å². The Kier molecular flexibility index (Phi) is 5.54. The largest absolute Gasteiger partial charge is 0.493 e. The van der Waals surface area contributed by atoms with Crippen LogP contribution in [-0.2, 0) is 0 Å². The van der Waals surface area contributed by atoms with Gasteiger partial charge in [0.2, 0.25) is 0 Å². The van der Waals surface area contributed by atoms with Crippen molar-refractivity contribution < 1.29 is 9.47 Å². The molecular weight excluding hydrogens is 468 g/mol. The Bertz CT molecular complexity index is 1580. The van der Waals surface area contributed by atoms with E-state index in [2.05, 4.69) is 38.3 Å². The van der Waals surface area contributed by atoms with Crippen molar-refractivity contribution in [2.75, 3.05) is 19.1 Å². The molecule has 36 heavy (non-hydrogen) atoms. The van der Waals surface area contributed by atoms with Crippen molar-refractivity contribution in [1.29, 1.82) is 0 Å². The SMILES string of the molecule is COc1ccc(C2N=C3C=CC=CN3c3c2n(-c2ccccc2)c(=S)n3-c2ccccc2)cc1OC. The number of amidine groups is 1.